The molecule has 0 atom stereocenters. The van der Waals surface area contributed by atoms with Crippen molar-refractivity contribution in [1.29, 1.82) is 0 Å². The zero-order valence-electron chi connectivity index (χ0n) is 20.4. The number of ether oxygens (including phenoxy) is 2. The molecule has 33 heavy (non-hydrogen) atoms. The van der Waals surface area contributed by atoms with E-state index in [4.69, 9.17) is 9.47 Å². The molecule has 4 rings (SSSR count). The third kappa shape index (κ3) is 6.40. The van der Waals surface area contributed by atoms with Crippen LogP contribution >= 0.6 is 0 Å². The summed E-state index contributed by atoms with van der Waals surface area (Å²) < 4.78 is 11.0. The molecule has 3 heteroatoms. The van der Waals surface area contributed by atoms with Crippen molar-refractivity contribution in [3.63, 3.8) is 0 Å². The van der Waals surface area contributed by atoms with Crippen LogP contribution < -0.4 is 9.47 Å². The molecule has 0 heterocycles. The van der Waals surface area contributed by atoms with Gasteiger partial charge in [0.2, 0.25) is 0 Å². The maximum atomic E-state index is 12.4. The van der Waals surface area contributed by atoms with Crippen LogP contribution in [0.4, 0.5) is 0 Å². The molecule has 0 saturated heterocycles. The van der Waals surface area contributed by atoms with Gasteiger partial charge in [0.05, 0.1) is 12.2 Å². The Balaban J connectivity index is 1.24. The van der Waals surface area contributed by atoms with Gasteiger partial charge in [-0.05, 0) is 111 Å². The van der Waals surface area contributed by atoms with Gasteiger partial charge in [0.1, 0.15) is 11.5 Å². The molecule has 0 aromatic heterocycles. The molecule has 178 valence electrons. The predicted octanol–water partition coefficient (Wildman–Crippen LogP) is 8.18. The summed E-state index contributed by atoms with van der Waals surface area (Å²) in [6.07, 6.45) is 14.0. The van der Waals surface area contributed by atoms with Gasteiger partial charge in [0.15, 0.2) is 0 Å². The van der Waals surface area contributed by atoms with Gasteiger partial charge in [-0.3, -0.25) is 0 Å². The molecule has 0 radical (unpaired) electrons. The number of hydrogen-bond acceptors (Lipinski definition) is 3. The van der Waals surface area contributed by atoms with Crippen LogP contribution in [0.1, 0.15) is 99.9 Å². The van der Waals surface area contributed by atoms with E-state index in [0.717, 1.165) is 23.5 Å². The number of rotatable bonds is 8. The number of hydrogen-bond donors (Lipinski definition) is 0. The molecule has 2 aliphatic carbocycles. The van der Waals surface area contributed by atoms with E-state index >= 15 is 0 Å². The summed E-state index contributed by atoms with van der Waals surface area (Å²) in [5.41, 5.74) is 1.92. The van der Waals surface area contributed by atoms with Crippen LogP contribution in [0.25, 0.3) is 0 Å². The molecule has 0 bridgehead atoms. The van der Waals surface area contributed by atoms with Gasteiger partial charge in [-0.1, -0.05) is 44.7 Å². The number of esters is 1. The van der Waals surface area contributed by atoms with Crippen molar-refractivity contribution in [3.8, 4) is 11.5 Å². The average Bonchev–Trinajstić information content (AvgIpc) is 2.86. The normalized spacial score (nSPS) is 25.4. The first-order valence-electron chi connectivity index (χ1n) is 13.2. The summed E-state index contributed by atoms with van der Waals surface area (Å²) in [5.74, 6) is 4.60. The van der Waals surface area contributed by atoms with Crippen LogP contribution in [0.15, 0.2) is 48.5 Å². The van der Waals surface area contributed by atoms with Crippen LogP contribution in [0.5, 0.6) is 11.5 Å². The highest BCUT2D eigenvalue weighted by Crippen LogP contribution is 2.44. The Hall–Kier alpha value is -2.29. The van der Waals surface area contributed by atoms with Crippen molar-refractivity contribution in [3.05, 3.63) is 59.7 Å². The van der Waals surface area contributed by atoms with Gasteiger partial charge in [0, 0.05) is 0 Å². The standard InChI is InChI=1S/C30H40O3/c1-3-5-22-6-8-23(9-7-22)24-10-12-25(13-11-24)26-14-20-29(21-15-26)33-30(31)27-16-18-28(19-17-27)32-4-2/h14-25H,3-13H2,1-2H3/t22-,23-,24-,25-. The molecule has 3 nitrogen and oxygen atoms in total. The highest BCUT2D eigenvalue weighted by molar-refractivity contribution is 5.91. The monoisotopic (exact) mass is 448 g/mol. The summed E-state index contributed by atoms with van der Waals surface area (Å²) in [7, 11) is 0. The van der Waals surface area contributed by atoms with Crippen LogP contribution in [0.2, 0.25) is 0 Å². The van der Waals surface area contributed by atoms with Crippen molar-refractivity contribution in [1.82, 2.24) is 0 Å². The van der Waals surface area contributed by atoms with Crippen LogP contribution in [-0.2, 0) is 0 Å². The van der Waals surface area contributed by atoms with Crippen LogP contribution in [0, 0.1) is 17.8 Å². The lowest BCUT2D eigenvalue weighted by Gasteiger charge is -2.38. The highest BCUT2D eigenvalue weighted by atomic mass is 16.5. The van der Waals surface area contributed by atoms with Crippen LogP contribution in [0.3, 0.4) is 0 Å². The van der Waals surface area contributed by atoms with E-state index in [2.05, 4.69) is 19.1 Å². The maximum Gasteiger partial charge on any atom is 0.343 e. The average molecular weight is 449 g/mol. The quantitative estimate of drug-likeness (QED) is 0.302. The smallest absolute Gasteiger partial charge is 0.343 e. The van der Waals surface area contributed by atoms with E-state index in [0.29, 0.717) is 23.8 Å². The molecule has 2 aromatic carbocycles. The van der Waals surface area contributed by atoms with Gasteiger partial charge < -0.3 is 9.47 Å². The lowest BCUT2D eigenvalue weighted by molar-refractivity contribution is 0.0734. The molecule has 0 amide bonds. The maximum absolute atomic E-state index is 12.4. The fourth-order valence-electron chi connectivity index (χ4n) is 6.11. The molecule has 2 fully saturated rings. The van der Waals surface area contributed by atoms with E-state index < -0.39 is 0 Å². The minimum atomic E-state index is -0.333. The Morgan fingerprint density at radius 2 is 1.33 bits per heavy atom. The Morgan fingerprint density at radius 3 is 1.91 bits per heavy atom. The molecule has 2 aromatic rings. The van der Waals surface area contributed by atoms with Gasteiger partial charge >= 0.3 is 5.97 Å². The van der Waals surface area contributed by atoms with E-state index in [1.165, 1.54) is 69.8 Å². The van der Waals surface area contributed by atoms with Gasteiger partial charge in [-0.2, -0.15) is 0 Å². The minimum absolute atomic E-state index is 0.333. The molecule has 0 unspecified atom stereocenters. The summed E-state index contributed by atoms with van der Waals surface area (Å²) in [6, 6.07) is 15.3. The second-order valence-corrected chi connectivity index (χ2v) is 10.1. The summed E-state index contributed by atoms with van der Waals surface area (Å²) >= 11 is 0. The molecule has 0 aliphatic heterocycles. The topological polar surface area (TPSA) is 35.5 Å². The van der Waals surface area contributed by atoms with E-state index in [9.17, 15) is 4.79 Å². The molecular formula is C30H40O3. The van der Waals surface area contributed by atoms with E-state index in [-0.39, 0.29) is 5.97 Å². The first-order valence-corrected chi connectivity index (χ1v) is 13.2. The lowest BCUT2D eigenvalue weighted by Crippen LogP contribution is -2.25. The Kier molecular flexibility index (Phi) is 8.47. The number of carbonyl (C=O) groups is 1. The van der Waals surface area contributed by atoms with Crippen molar-refractivity contribution in [2.75, 3.05) is 6.61 Å². The molecule has 2 aliphatic rings. The first kappa shape index (κ1) is 23.9. The van der Waals surface area contributed by atoms with Crippen molar-refractivity contribution >= 4 is 5.97 Å². The Labute approximate surface area is 199 Å². The van der Waals surface area contributed by atoms with E-state index in [1.54, 1.807) is 24.3 Å². The molecular weight excluding hydrogens is 408 g/mol. The van der Waals surface area contributed by atoms with Crippen LogP contribution in [-0.4, -0.2) is 12.6 Å². The third-order valence-corrected chi connectivity index (χ3v) is 7.99. The first-order chi connectivity index (χ1) is 16.2. The summed E-state index contributed by atoms with van der Waals surface area (Å²) in [6.45, 7) is 4.88. The molecule has 0 spiro atoms. The Bertz CT molecular complexity index is 854. The second kappa shape index (κ2) is 11.7. The zero-order valence-corrected chi connectivity index (χ0v) is 20.4. The zero-order chi connectivity index (χ0) is 23.0. The second-order valence-electron chi connectivity index (χ2n) is 10.1. The third-order valence-electron chi connectivity index (χ3n) is 7.99. The van der Waals surface area contributed by atoms with Gasteiger partial charge in [-0.25, -0.2) is 4.79 Å². The van der Waals surface area contributed by atoms with Gasteiger partial charge in [0.25, 0.3) is 0 Å². The highest BCUT2D eigenvalue weighted by Gasteiger charge is 2.31. The summed E-state index contributed by atoms with van der Waals surface area (Å²) in [5, 5.41) is 0. The van der Waals surface area contributed by atoms with Crippen molar-refractivity contribution < 1.29 is 14.3 Å². The largest absolute Gasteiger partial charge is 0.494 e. The van der Waals surface area contributed by atoms with Crippen molar-refractivity contribution in [2.45, 2.75) is 84.0 Å². The minimum Gasteiger partial charge on any atom is -0.494 e. The fourth-order valence-corrected chi connectivity index (χ4v) is 6.11. The van der Waals surface area contributed by atoms with E-state index in [1.807, 2.05) is 19.1 Å². The summed E-state index contributed by atoms with van der Waals surface area (Å²) in [4.78, 5) is 12.4. The van der Waals surface area contributed by atoms with Crippen molar-refractivity contribution in [2.24, 2.45) is 17.8 Å². The molecule has 2 saturated carbocycles. The Morgan fingerprint density at radius 1 is 0.758 bits per heavy atom. The lowest BCUT2D eigenvalue weighted by atomic mass is 9.68. The fraction of sp³-hybridized carbons (Fsp3) is 0.567. The predicted molar refractivity (Wildman–Crippen MR) is 134 cm³/mol. The molecule has 0 N–H and O–H groups in total. The number of benzene rings is 2. The number of carbonyl (C=O) groups excluding carboxylic acids is 1. The van der Waals surface area contributed by atoms with Gasteiger partial charge in [-0.15, -0.1) is 0 Å². The SMILES string of the molecule is CCC[C@H]1CC[C@H]([C@H]2CC[C@H](c3ccc(OC(=O)c4ccc(OCC)cc4)cc3)CC2)CC1.